The van der Waals surface area contributed by atoms with E-state index in [9.17, 15) is 4.79 Å². The van der Waals surface area contributed by atoms with Gasteiger partial charge in [-0.3, -0.25) is 4.79 Å². The third-order valence-electron chi connectivity index (χ3n) is 2.99. The summed E-state index contributed by atoms with van der Waals surface area (Å²) in [7, 11) is 0. The second kappa shape index (κ2) is 7.26. The monoisotopic (exact) mass is 342 g/mol. The summed E-state index contributed by atoms with van der Waals surface area (Å²) < 4.78 is 3.14. The molecule has 0 bridgehead atoms. The second-order valence-electron chi connectivity index (χ2n) is 4.61. The first-order valence-electron chi connectivity index (χ1n) is 6.82. The fraction of sp³-hybridized carbons (Fsp3) is 0.0625. The lowest BCUT2D eigenvalue weighted by Gasteiger charge is -2.06. The van der Waals surface area contributed by atoms with Gasteiger partial charge in [0.2, 0.25) is 0 Å². The van der Waals surface area contributed by atoms with Gasteiger partial charge in [0.25, 0.3) is 5.91 Å². The van der Waals surface area contributed by atoms with Crippen LogP contribution in [0.3, 0.4) is 0 Å². The van der Waals surface area contributed by atoms with Gasteiger partial charge in [0, 0.05) is 41.0 Å². The zero-order chi connectivity index (χ0) is 16.1. The molecule has 2 N–H and O–H groups in total. The van der Waals surface area contributed by atoms with Crippen LogP contribution in [0.25, 0.3) is 11.4 Å². The van der Waals surface area contributed by atoms with E-state index < -0.39 is 0 Å². The summed E-state index contributed by atoms with van der Waals surface area (Å²) in [5.74, 6) is 0.479. The van der Waals surface area contributed by atoms with Crippen LogP contribution >= 0.6 is 23.3 Å². The van der Waals surface area contributed by atoms with Gasteiger partial charge in [-0.05, 0) is 30.3 Å². The summed E-state index contributed by atoms with van der Waals surface area (Å²) in [6.45, 7) is 0. The van der Waals surface area contributed by atoms with Crippen molar-refractivity contribution in [3.05, 3.63) is 59.0 Å². The number of carbonyl (C=O) groups is 1. The number of benzene rings is 1. The van der Waals surface area contributed by atoms with Gasteiger partial charge in [0.05, 0.1) is 4.88 Å². The van der Waals surface area contributed by atoms with E-state index in [4.69, 9.17) is 0 Å². The van der Waals surface area contributed by atoms with Gasteiger partial charge in [-0.15, -0.1) is 11.3 Å². The number of hydrogen-bond acceptors (Lipinski definition) is 6. The molecular weight excluding hydrogens is 328 g/mol. The van der Waals surface area contributed by atoms with E-state index in [2.05, 4.69) is 20.0 Å². The molecule has 3 aromatic rings. The van der Waals surface area contributed by atoms with Gasteiger partial charge in [0.1, 0.15) is 0 Å². The van der Waals surface area contributed by atoms with Crippen molar-refractivity contribution in [1.82, 2.24) is 9.97 Å². The number of thiophene rings is 1. The van der Waals surface area contributed by atoms with Crippen LogP contribution < -0.4 is 10.0 Å². The Labute approximate surface area is 142 Å². The van der Waals surface area contributed by atoms with Crippen molar-refractivity contribution in [2.24, 2.45) is 0 Å². The number of anilines is 2. The van der Waals surface area contributed by atoms with E-state index in [1.54, 1.807) is 24.5 Å². The lowest BCUT2D eigenvalue weighted by atomic mass is 10.2. The Morgan fingerprint density at radius 3 is 2.70 bits per heavy atom. The minimum absolute atomic E-state index is 0.140. The van der Waals surface area contributed by atoms with Crippen molar-refractivity contribution in [2.45, 2.75) is 0 Å². The highest BCUT2D eigenvalue weighted by molar-refractivity contribution is 7.99. The molecule has 0 unspecified atom stereocenters. The molecule has 0 aliphatic carbocycles. The molecule has 23 heavy (non-hydrogen) atoms. The number of carbonyl (C=O) groups excluding carboxylic acids is 1. The lowest BCUT2D eigenvalue weighted by molar-refractivity contribution is 0.103. The van der Waals surface area contributed by atoms with Gasteiger partial charge >= 0.3 is 0 Å². The van der Waals surface area contributed by atoms with Crippen molar-refractivity contribution in [3.63, 3.8) is 0 Å². The highest BCUT2D eigenvalue weighted by Crippen LogP contribution is 2.24. The fourth-order valence-electron chi connectivity index (χ4n) is 1.99. The fourth-order valence-corrected chi connectivity index (χ4v) is 3.13. The predicted molar refractivity (Wildman–Crippen MR) is 96.9 cm³/mol. The van der Waals surface area contributed by atoms with E-state index in [1.165, 1.54) is 23.3 Å². The van der Waals surface area contributed by atoms with Crippen LogP contribution in [0.1, 0.15) is 9.67 Å². The van der Waals surface area contributed by atoms with E-state index in [-0.39, 0.29) is 5.91 Å². The molecule has 7 heteroatoms. The molecule has 0 saturated heterocycles. The molecule has 0 spiro atoms. The Balaban J connectivity index is 1.74. The van der Waals surface area contributed by atoms with Gasteiger partial charge < -0.3 is 10.0 Å². The minimum atomic E-state index is -0.140. The molecule has 2 aromatic heterocycles. The Hall–Kier alpha value is -2.38. The average Bonchev–Trinajstić information content (AvgIpc) is 3.06. The van der Waals surface area contributed by atoms with E-state index in [1.807, 2.05) is 35.9 Å². The van der Waals surface area contributed by atoms with Crippen molar-refractivity contribution >= 4 is 40.6 Å². The summed E-state index contributed by atoms with van der Waals surface area (Å²) >= 11 is 2.88. The quantitative estimate of drug-likeness (QED) is 0.682. The molecule has 3 rings (SSSR count). The molecule has 0 radical (unpaired) electrons. The standard InChI is InChI=1S/C16H14N4OS2/c1-22-20-13-5-2-4-12(9-13)19-16(21)14-8-11(10-23-14)15-17-6-3-7-18-15/h2-10,20H,1H3,(H,19,21). The Morgan fingerprint density at radius 1 is 1.13 bits per heavy atom. The van der Waals surface area contributed by atoms with Crippen molar-refractivity contribution in [1.29, 1.82) is 0 Å². The molecule has 0 saturated carbocycles. The van der Waals surface area contributed by atoms with Crippen LogP contribution in [0.15, 0.2) is 54.2 Å². The van der Waals surface area contributed by atoms with Crippen LogP contribution in [0.2, 0.25) is 0 Å². The first-order chi connectivity index (χ1) is 11.3. The first-order valence-corrected chi connectivity index (χ1v) is 8.93. The summed E-state index contributed by atoms with van der Waals surface area (Å²) in [6.07, 6.45) is 5.32. The molecule has 2 heterocycles. The maximum atomic E-state index is 12.4. The van der Waals surface area contributed by atoms with Gasteiger partial charge in [-0.25, -0.2) is 9.97 Å². The lowest BCUT2D eigenvalue weighted by Crippen LogP contribution is -2.10. The maximum Gasteiger partial charge on any atom is 0.265 e. The molecule has 1 aromatic carbocycles. The summed E-state index contributed by atoms with van der Waals surface area (Å²) in [4.78, 5) is 21.4. The number of nitrogens with zero attached hydrogens (tertiary/aromatic N) is 2. The third kappa shape index (κ3) is 3.88. The average molecular weight is 342 g/mol. The maximum absolute atomic E-state index is 12.4. The first kappa shape index (κ1) is 15.5. The molecule has 0 aliphatic rings. The van der Waals surface area contributed by atoms with Crippen molar-refractivity contribution < 1.29 is 4.79 Å². The largest absolute Gasteiger partial charge is 0.330 e. The number of rotatable bonds is 5. The van der Waals surface area contributed by atoms with E-state index >= 15 is 0 Å². The van der Waals surface area contributed by atoms with Crippen LogP contribution in [-0.2, 0) is 0 Å². The number of aromatic nitrogens is 2. The SMILES string of the molecule is CSNc1cccc(NC(=O)c2cc(-c3ncccn3)cs2)c1. The van der Waals surface area contributed by atoms with Gasteiger partial charge in [-0.1, -0.05) is 18.0 Å². The van der Waals surface area contributed by atoms with Gasteiger partial charge in [0.15, 0.2) is 5.82 Å². The topological polar surface area (TPSA) is 66.9 Å². The number of hydrogen-bond donors (Lipinski definition) is 2. The van der Waals surface area contributed by atoms with Gasteiger partial charge in [-0.2, -0.15) is 0 Å². The summed E-state index contributed by atoms with van der Waals surface area (Å²) in [5, 5.41) is 4.79. The zero-order valence-electron chi connectivity index (χ0n) is 12.3. The van der Waals surface area contributed by atoms with Crippen molar-refractivity contribution in [3.8, 4) is 11.4 Å². The highest BCUT2D eigenvalue weighted by atomic mass is 32.2. The molecule has 0 aliphatic heterocycles. The van der Waals surface area contributed by atoms with E-state index in [0.717, 1.165) is 16.9 Å². The summed E-state index contributed by atoms with van der Waals surface area (Å²) in [5.41, 5.74) is 2.54. The molecule has 1 amide bonds. The van der Waals surface area contributed by atoms with E-state index in [0.29, 0.717) is 10.7 Å². The predicted octanol–water partition coefficient (Wildman–Crippen LogP) is 4.15. The molecule has 5 nitrogen and oxygen atoms in total. The normalized spacial score (nSPS) is 10.3. The zero-order valence-corrected chi connectivity index (χ0v) is 13.9. The van der Waals surface area contributed by atoms with Crippen molar-refractivity contribution in [2.75, 3.05) is 16.3 Å². The van der Waals surface area contributed by atoms with Crippen LogP contribution in [-0.4, -0.2) is 22.1 Å². The van der Waals surface area contributed by atoms with Crippen LogP contribution in [0.5, 0.6) is 0 Å². The smallest absolute Gasteiger partial charge is 0.265 e. The Bertz CT molecular complexity index is 805. The minimum Gasteiger partial charge on any atom is -0.330 e. The molecular formula is C16H14N4OS2. The number of nitrogens with one attached hydrogen (secondary N) is 2. The second-order valence-corrected chi connectivity index (χ2v) is 6.14. The Kier molecular flexibility index (Phi) is 4.89. The molecule has 0 fully saturated rings. The van der Waals surface area contributed by atoms with Crippen LogP contribution in [0, 0.1) is 0 Å². The highest BCUT2D eigenvalue weighted by Gasteiger charge is 2.11. The number of amides is 1. The summed E-state index contributed by atoms with van der Waals surface area (Å²) in [6, 6.07) is 11.2. The third-order valence-corrected chi connectivity index (χ3v) is 4.36. The van der Waals surface area contributed by atoms with Crippen LogP contribution in [0.4, 0.5) is 11.4 Å². The molecule has 0 atom stereocenters. The Morgan fingerprint density at radius 2 is 1.91 bits per heavy atom. The molecule has 116 valence electrons.